The Labute approximate surface area is 127 Å². The van der Waals surface area contributed by atoms with Gasteiger partial charge in [-0.25, -0.2) is 0 Å². The molecular formula is C17H26N2O2. The fourth-order valence-corrected chi connectivity index (χ4v) is 2.63. The Morgan fingerprint density at radius 1 is 1.33 bits per heavy atom. The van der Waals surface area contributed by atoms with Gasteiger partial charge >= 0.3 is 0 Å². The number of benzene rings is 1. The molecule has 116 valence electrons. The number of nitrogens with one attached hydrogen (secondary N) is 2. The lowest BCUT2D eigenvalue weighted by Gasteiger charge is -2.35. The molecule has 0 aromatic heterocycles. The van der Waals surface area contributed by atoms with Crippen molar-refractivity contribution in [2.45, 2.75) is 51.7 Å². The van der Waals surface area contributed by atoms with Crippen molar-refractivity contribution in [2.24, 2.45) is 0 Å². The minimum Gasteiger partial charge on any atom is -0.385 e. The second kappa shape index (κ2) is 6.94. The Kier molecular flexibility index (Phi) is 5.23. The van der Waals surface area contributed by atoms with Crippen LogP contribution in [0.25, 0.3) is 0 Å². The summed E-state index contributed by atoms with van der Waals surface area (Å²) in [6, 6.07) is 7.85. The van der Waals surface area contributed by atoms with E-state index in [4.69, 9.17) is 4.74 Å². The summed E-state index contributed by atoms with van der Waals surface area (Å²) in [7, 11) is 0. The molecule has 1 aromatic carbocycles. The van der Waals surface area contributed by atoms with E-state index in [9.17, 15) is 4.79 Å². The molecule has 4 nitrogen and oxygen atoms in total. The standard InChI is InChI=1S/C17H26N2O2/c1-4-10-18-14-7-5-13(6-8-14)16(20)19-15-9-11-21-17(2,3)12-15/h5-8,15,18H,4,9-12H2,1-3H3,(H,19,20). The van der Waals surface area contributed by atoms with E-state index in [-0.39, 0.29) is 17.6 Å². The Morgan fingerprint density at radius 2 is 2.05 bits per heavy atom. The van der Waals surface area contributed by atoms with Crippen LogP contribution in [0, 0.1) is 0 Å². The van der Waals surface area contributed by atoms with E-state index in [2.05, 4.69) is 31.4 Å². The molecule has 0 aliphatic carbocycles. The summed E-state index contributed by atoms with van der Waals surface area (Å²) < 4.78 is 5.68. The summed E-state index contributed by atoms with van der Waals surface area (Å²) in [5, 5.41) is 6.42. The van der Waals surface area contributed by atoms with Crippen molar-refractivity contribution >= 4 is 11.6 Å². The summed E-state index contributed by atoms with van der Waals surface area (Å²) in [4.78, 5) is 12.3. The molecule has 0 bridgehead atoms. The number of anilines is 1. The molecule has 4 heteroatoms. The van der Waals surface area contributed by atoms with Crippen LogP contribution in [0.3, 0.4) is 0 Å². The maximum atomic E-state index is 12.3. The van der Waals surface area contributed by atoms with Gasteiger partial charge in [0, 0.05) is 30.4 Å². The number of rotatable bonds is 5. The summed E-state index contributed by atoms with van der Waals surface area (Å²) in [6.45, 7) is 7.92. The zero-order chi connectivity index (χ0) is 15.3. The first-order valence-electron chi connectivity index (χ1n) is 7.79. The number of ether oxygens (including phenoxy) is 1. The molecule has 1 aliphatic heterocycles. The first-order valence-corrected chi connectivity index (χ1v) is 7.79. The number of hydrogen-bond acceptors (Lipinski definition) is 3. The van der Waals surface area contributed by atoms with Crippen LogP contribution in [0.2, 0.25) is 0 Å². The lowest BCUT2D eigenvalue weighted by molar-refractivity contribution is -0.0615. The van der Waals surface area contributed by atoms with E-state index >= 15 is 0 Å². The second-order valence-corrected chi connectivity index (χ2v) is 6.28. The Morgan fingerprint density at radius 3 is 2.67 bits per heavy atom. The van der Waals surface area contributed by atoms with Crippen LogP contribution < -0.4 is 10.6 Å². The van der Waals surface area contributed by atoms with Crippen molar-refractivity contribution in [3.8, 4) is 0 Å². The minimum absolute atomic E-state index is 0.000239. The monoisotopic (exact) mass is 290 g/mol. The summed E-state index contributed by atoms with van der Waals surface area (Å²) in [5.74, 6) is -0.000239. The van der Waals surface area contributed by atoms with E-state index < -0.39 is 0 Å². The van der Waals surface area contributed by atoms with Gasteiger partial charge in [0.15, 0.2) is 0 Å². The van der Waals surface area contributed by atoms with E-state index in [1.807, 2.05) is 24.3 Å². The fraction of sp³-hybridized carbons (Fsp3) is 0.588. The molecule has 1 aromatic rings. The molecule has 1 fully saturated rings. The summed E-state index contributed by atoms with van der Waals surface area (Å²) >= 11 is 0. The highest BCUT2D eigenvalue weighted by molar-refractivity contribution is 5.94. The van der Waals surface area contributed by atoms with Crippen LogP contribution in [0.5, 0.6) is 0 Å². The van der Waals surface area contributed by atoms with Crippen LogP contribution >= 0.6 is 0 Å². The quantitative estimate of drug-likeness (QED) is 0.875. The van der Waals surface area contributed by atoms with Crippen molar-refractivity contribution in [3.63, 3.8) is 0 Å². The van der Waals surface area contributed by atoms with Gasteiger partial charge in [-0.15, -0.1) is 0 Å². The number of amides is 1. The highest BCUT2D eigenvalue weighted by Gasteiger charge is 2.29. The average Bonchev–Trinajstić information content (AvgIpc) is 2.44. The predicted octanol–water partition coefficient (Wildman–Crippen LogP) is 3.20. The van der Waals surface area contributed by atoms with Crippen molar-refractivity contribution < 1.29 is 9.53 Å². The molecule has 1 aliphatic rings. The predicted molar refractivity (Wildman–Crippen MR) is 85.7 cm³/mol. The second-order valence-electron chi connectivity index (χ2n) is 6.28. The third-order valence-corrected chi connectivity index (χ3v) is 3.76. The van der Waals surface area contributed by atoms with Gasteiger partial charge in [0.2, 0.25) is 0 Å². The van der Waals surface area contributed by atoms with Crippen molar-refractivity contribution in [2.75, 3.05) is 18.5 Å². The van der Waals surface area contributed by atoms with E-state index in [1.165, 1.54) is 0 Å². The average molecular weight is 290 g/mol. The molecule has 1 amide bonds. The lowest BCUT2D eigenvalue weighted by Crippen LogP contribution is -2.45. The van der Waals surface area contributed by atoms with Gasteiger partial charge in [-0.1, -0.05) is 6.92 Å². The third kappa shape index (κ3) is 4.74. The Bertz CT molecular complexity index is 468. The van der Waals surface area contributed by atoms with Gasteiger partial charge in [0.1, 0.15) is 0 Å². The van der Waals surface area contributed by atoms with E-state index in [0.29, 0.717) is 12.2 Å². The molecule has 1 saturated heterocycles. The third-order valence-electron chi connectivity index (χ3n) is 3.76. The van der Waals surface area contributed by atoms with Crippen LogP contribution in [0.15, 0.2) is 24.3 Å². The molecule has 0 saturated carbocycles. The molecule has 1 unspecified atom stereocenters. The van der Waals surface area contributed by atoms with Crippen molar-refractivity contribution in [3.05, 3.63) is 29.8 Å². The highest BCUT2D eigenvalue weighted by Crippen LogP contribution is 2.24. The van der Waals surface area contributed by atoms with Crippen LogP contribution in [0.1, 0.15) is 50.4 Å². The lowest BCUT2D eigenvalue weighted by atomic mass is 9.94. The summed E-state index contributed by atoms with van der Waals surface area (Å²) in [6.07, 6.45) is 2.82. The largest absolute Gasteiger partial charge is 0.385 e. The molecule has 1 atom stereocenters. The minimum atomic E-state index is -0.149. The Hall–Kier alpha value is -1.55. The molecule has 1 heterocycles. The zero-order valence-corrected chi connectivity index (χ0v) is 13.2. The SMILES string of the molecule is CCCNc1ccc(C(=O)NC2CCOC(C)(C)C2)cc1. The Balaban J connectivity index is 1.91. The number of carbonyl (C=O) groups is 1. The molecule has 0 radical (unpaired) electrons. The topological polar surface area (TPSA) is 50.4 Å². The molecular weight excluding hydrogens is 264 g/mol. The fourth-order valence-electron chi connectivity index (χ4n) is 2.63. The van der Waals surface area contributed by atoms with Gasteiger partial charge in [-0.05, 0) is 57.4 Å². The number of carbonyl (C=O) groups excluding carboxylic acids is 1. The zero-order valence-electron chi connectivity index (χ0n) is 13.2. The van der Waals surface area contributed by atoms with Crippen LogP contribution in [-0.4, -0.2) is 30.7 Å². The van der Waals surface area contributed by atoms with Gasteiger partial charge in [0.25, 0.3) is 5.91 Å². The van der Waals surface area contributed by atoms with Crippen LogP contribution in [0.4, 0.5) is 5.69 Å². The maximum absolute atomic E-state index is 12.3. The van der Waals surface area contributed by atoms with Gasteiger partial charge in [-0.3, -0.25) is 4.79 Å². The smallest absolute Gasteiger partial charge is 0.251 e. The maximum Gasteiger partial charge on any atom is 0.251 e. The normalized spacial score (nSPS) is 20.8. The molecule has 0 spiro atoms. The van der Waals surface area contributed by atoms with Crippen LogP contribution in [-0.2, 0) is 4.74 Å². The van der Waals surface area contributed by atoms with Gasteiger partial charge in [-0.2, -0.15) is 0 Å². The number of hydrogen-bond donors (Lipinski definition) is 2. The first-order chi connectivity index (χ1) is 10.00. The van der Waals surface area contributed by atoms with E-state index in [1.54, 1.807) is 0 Å². The van der Waals surface area contributed by atoms with Gasteiger partial charge < -0.3 is 15.4 Å². The van der Waals surface area contributed by atoms with E-state index in [0.717, 1.165) is 31.5 Å². The van der Waals surface area contributed by atoms with Crippen molar-refractivity contribution in [1.82, 2.24) is 5.32 Å². The molecule has 2 rings (SSSR count). The molecule has 21 heavy (non-hydrogen) atoms. The van der Waals surface area contributed by atoms with Crippen molar-refractivity contribution in [1.29, 1.82) is 0 Å². The highest BCUT2D eigenvalue weighted by atomic mass is 16.5. The summed E-state index contributed by atoms with van der Waals surface area (Å²) in [5.41, 5.74) is 1.62. The first kappa shape index (κ1) is 15.8. The van der Waals surface area contributed by atoms with Gasteiger partial charge in [0.05, 0.1) is 5.60 Å². The molecule has 2 N–H and O–H groups in total.